The molecule has 0 radical (unpaired) electrons. The van der Waals surface area contributed by atoms with Crippen LogP contribution in [0.15, 0.2) is 84.6 Å². The van der Waals surface area contributed by atoms with E-state index in [4.69, 9.17) is 4.74 Å². The van der Waals surface area contributed by atoms with Crippen LogP contribution in [0.3, 0.4) is 0 Å². The van der Waals surface area contributed by atoms with Crippen molar-refractivity contribution in [2.75, 3.05) is 6.61 Å². The molecule has 0 saturated carbocycles. The number of hydrogen-bond acceptors (Lipinski definition) is 3. The quantitative estimate of drug-likeness (QED) is 0.475. The van der Waals surface area contributed by atoms with E-state index in [2.05, 4.69) is 5.32 Å². The third-order valence-electron chi connectivity index (χ3n) is 4.27. The van der Waals surface area contributed by atoms with Crippen molar-refractivity contribution in [3.8, 4) is 0 Å². The summed E-state index contributed by atoms with van der Waals surface area (Å²) in [6.45, 7) is 1.73. The summed E-state index contributed by atoms with van der Waals surface area (Å²) in [5.41, 5.74) is 1.43. The molecule has 30 heavy (non-hydrogen) atoms. The molecule has 3 aromatic carbocycles. The lowest BCUT2D eigenvalue weighted by Gasteiger charge is -2.17. The molecule has 4 nitrogen and oxygen atoms in total. The highest BCUT2D eigenvalue weighted by molar-refractivity contribution is 6.07. The summed E-state index contributed by atoms with van der Waals surface area (Å²) in [4.78, 5) is 25.6. The molecule has 1 amide bonds. The molecular weight excluding hydrogens is 388 g/mol. The second kappa shape index (κ2) is 9.60. The van der Waals surface area contributed by atoms with Crippen LogP contribution in [0.2, 0.25) is 0 Å². The van der Waals surface area contributed by atoms with Crippen molar-refractivity contribution in [3.63, 3.8) is 0 Å². The van der Waals surface area contributed by atoms with Crippen LogP contribution < -0.4 is 5.32 Å². The highest BCUT2D eigenvalue weighted by atomic mass is 19.1. The van der Waals surface area contributed by atoms with Gasteiger partial charge in [0.1, 0.15) is 17.3 Å². The smallest absolute Gasteiger partial charge is 0.355 e. The van der Waals surface area contributed by atoms with Crippen molar-refractivity contribution in [2.24, 2.45) is 0 Å². The highest BCUT2D eigenvalue weighted by Crippen LogP contribution is 2.27. The number of rotatable bonds is 6. The van der Waals surface area contributed by atoms with Crippen molar-refractivity contribution in [3.05, 3.63) is 113 Å². The second-order valence-corrected chi connectivity index (χ2v) is 6.30. The minimum absolute atomic E-state index is 0.0870. The fraction of sp³-hybridized carbons (Fsp3) is 0.0833. The molecule has 0 bridgehead atoms. The molecular formula is C24H19F2NO3. The SMILES string of the molecule is CCOC(=O)C(NC(=O)c1ccccc1)=C(c1ccc(F)cc1)c1ccc(F)cc1. The summed E-state index contributed by atoms with van der Waals surface area (Å²) in [5, 5.41) is 2.62. The summed E-state index contributed by atoms with van der Waals surface area (Å²) >= 11 is 0. The number of benzene rings is 3. The fourth-order valence-electron chi connectivity index (χ4n) is 2.88. The zero-order valence-corrected chi connectivity index (χ0v) is 16.2. The Morgan fingerprint density at radius 1 is 0.767 bits per heavy atom. The van der Waals surface area contributed by atoms with Crippen LogP contribution in [0.1, 0.15) is 28.4 Å². The lowest BCUT2D eigenvalue weighted by molar-refractivity contribution is -0.138. The van der Waals surface area contributed by atoms with Gasteiger partial charge in [-0.05, 0) is 54.4 Å². The zero-order valence-electron chi connectivity index (χ0n) is 16.2. The maximum Gasteiger partial charge on any atom is 0.355 e. The van der Waals surface area contributed by atoms with Crippen molar-refractivity contribution < 1.29 is 23.1 Å². The first-order chi connectivity index (χ1) is 14.5. The number of ether oxygens (including phenoxy) is 1. The van der Waals surface area contributed by atoms with Crippen LogP contribution in [-0.2, 0) is 9.53 Å². The van der Waals surface area contributed by atoms with Gasteiger partial charge in [0.2, 0.25) is 0 Å². The summed E-state index contributed by atoms with van der Waals surface area (Å²) < 4.78 is 32.1. The molecule has 0 aliphatic rings. The number of carbonyl (C=O) groups excluding carboxylic acids is 2. The van der Waals surface area contributed by atoms with Gasteiger partial charge in [-0.1, -0.05) is 42.5 Å². The monoisotopic (exact) mass is 407 g/mol. The normalized spacial score (nSPS) is 10.2. The Balaban J connectivity index is 2.19. The van der Waals surface area contributed by atoms with Crippen LogP contribution in [0.5, 0.6) is 0 Å². The van der Waals surface area contributed by atoms with Gasteiger partial charge >= 0.3 is 5.97 Å². The number of halogens is 2. The molecule has 0 fully saturated rings. The van der Waals surface area contributed by atoms with Gasteiger partial charge in [0.15, 0.2) is 0 Å². The van der Waals surface area contributed by atoms with E-state index in [-0.39, 0.29) is 17.9 Å². The molecule has 0 atom stereocenters. The Labute approximate surface area is 172 Å². The van der Waals surface area contributed by atoms with E-state index in [0.29, 0.717) is 16.7 Å². The van der Waals surface area contributed by atoms with Gasteiger partial charge in [-0.15, -0.1) is 0 Å². The van der Waals surface area contributed by atoms with Crippen molar-refractivity contribution in [2.45, 2.75) is 6.92 Å². The number of esters is 1. The molecule has 0 aliphatic heterocycles. The molecule has 152 valence electrons. The van der Waals surface area contributed by atoms with Gasteiger partial charge in [0.05, 0.1) is 6.61 Å². The second-order valence-electron chi connectivity index (χ2n) is 6.30. The molecule has 0 aliphatic carbocycles. The molecule has 0 unspecified atom stereocenters. The van der Waals surface area contributed by atoms with E-state index in [1.165, 1.54) is 48.5 Å². The third kappa shape index (κ3) is 4.97. The maximum atomic E-state index is 13.5. The number of carbonyl (C=O) groups is 2. The van der Waals surface area contributed by atoms with E-state index in [1.807, 2.05) is 0 Å². The Morgan fingerprint density at radius 2 is 1.27 bits per heavy atom. The molecule has 3 rings (SSSR count). The van der Waals surface area contributed by atoms with Crippen molar-refractivity contribution in [1.82, 2.24) is 5.32 Å². The number of amides is 1. The molecule has 1 N–H and O–H groups in total. The topological polar surface area (TPSA) is 55.4 Å². The summed E-state index contributed by atoms with van der Waals surface area (Å²) in [7, 11) is 0. The van der Waals surface area contributed by atoms with Crippen LogP contribution >= 0.6 is 0 Å². The molecule has 6 heteroatoms. The largest absolute Gasteiger partial charge is 0.461 e. The van der Waals surface area contributed by atoms with Gasteiger partial charge in [0.25, 0.3) is 5.91 Å². The van der Waals surface area contributed by atoms with E-state index in [0.717, 1.165) is 0 Å². The lowest BCUT2D eigenvalue weighted by atomic mass is 9.95. The Kier molecular flexibility index (Phi) is 6.70. The van der Waals surface area contributed by atoms with Crippen LogP contribution in [0.25, 0.3) is 5.57 Å². The first kappa shape index (κ1) is 20.9. The minimum Gasteiger partial charge on any atom is -0.461 e. The summed E-state index contributed by atoms with van der Waals surface area (Å²) in [5.74, 6) is -2.18. The molecule has 0 heterocycles. The van der Waals surface area contributed by atoms with Crippen molar-refractivity contribution in [1.29, 1.82) is 0 Å². The zero-order chi connectivity index (χ0) is 21.5. The lowest BCUT2D eigenvalue weighted by Crippen LogP contribution is -2.30. The predicted octanol–water partition coefficient (Wildman–Crippen LogP) is 4.72. The first-order valence-corrected chi connectivity index (χ1v) is 9.29. The van der Waals surface area contributed by atoms with Gasteiger partial charge < -0.3 is 10.1 Å². The Hall–Kier alpha value is -3.80. The van der Waals surface area contributed by atoms with Crippen LogP contribution in [0.4, 0.5) is 8.78 Å². The van der Waals surface area contributed by atoms with E-state index >= 15 is 0 Å². The van der Waals surface area contributed by atoms with E-state index < -0.39 is 23.5 Å². The van der Waals surface area contributed by atoms with E-state index in [9.17, 15) is 18.4 Å². The minimum atomic E-state index is -0.759. The third-order valence-corrected chi connectivity index (χ3v) is 4.27. The predicted molar refractivity (Wildman–Crippen MR) is 109 cm³/mol. The highest BCUT2D eigenvalue weighted by Gasteiger charge is 2.23. The maximum absolute atomic E-state index is 13.5. The molecule has 0 spiro atoms. The van der Waals surface area contributed by atoms with Crippen LogP contribution in [0, 0.1) is 11.6 Å². The number of hydrogen-bond donors (Lipinski definition) is 1. The van der Waals surface area contributed by atoms with Gasteiger partial charge in [-0.25, -0.2) is 13.6 Å². The van der Waals surface area contributed by atoms with E-state index in [1.54, 1.807) is 37.3 Å². The van der Waals surface area contributed by atoms with Crippen LogP contribution in [-0.4, -0.2) is 18.5 Å². The Bertz CT molecular complexity index is 1010. The summed E-state index contributed by atoms with van der Waals surface area (Å²) in [6.07, 6.45) is 0. The van der Waals surface area contributed by atoms with Crippen molar-refractivity contribution >= 4 is 17.4 Å². The average Bonchev–Trinajstić information content (AvgIpc) is 2.76. The Morgan fingerprint density at radius 3 is 1.73 bits per heavy atom. The van der Waals surface area contributed by atoms with Gasteiger partial charge in [-0.2, -0.15) is 0 Å². The first-order valence-electron chi connectivity index (χ1n) is 9.29. The average molecular weight is 407 g/mol. The molecule has 0 aromatic heterocycles. The van der Waals surface area contributed by atoms with Gasteiger partial charge in [0, 0.05) is 11.1 Å². The molecule has 3 aromatic rings. The number of nitrogens with one attached hydrogen (secondary N) is 1. The van der Waals surface area contributed by atoms with Gasteiger partial charge in [-0.3, -0.25) is 4.79 Å². The standard InChI is InChI=1S/C24H19F2NO3/c1-2-30-24(29)22(27-23(28)18-6-4-3-5-7-18)21(16-8-12-19(25)13-9-16)17-10-14-20(26)15-11-17/h3-15H,2H2,1H3,(H,27,28). The fourth-order valence-corrected chi connectivity index (χ4v) is 2.88. The molecule has 0 saturated heterocycles. The summed E-state index contributed by atoms with van der Waals surface area (Å²) in [6, 6.07) is 19.2.